The van der Waals surface area contributed by atoms with Gasteiger partial charge in [0, 0.05) is 17.9 Å². The lowest BCUT2D eigenvalue weighted by molar-refractivity contribution is 0.468. The Kier molecular flexibility index (Phi) is 3.53. The molecule has 1 N–H and O–H groups in total. The number of hydrogen-bond donors (Lipinski definition) is 1. The first-order valence-electron chi connectivity index (χ1n) is 7.06. The lowest BCUT2D eigenvalue weighted by atomic mass is 10.3. The van der Waals surface area contributed by atoms with Crippen LogP contribution < -0.4 is 5.32 Å². The fraction of sp³-hybridized carbons (Fsp3) is 0.375. The van der Waals surface area contributed by atoms with Gasteiger partial charge in [-0.2, -0.15) is 0 Å². The van der Waals surface area contributed by atoms with E-state index in [0.29, 0.717) is 17.4 Å². The molecule has 0 amide bonds. The summed E-state index contributed by atoms with van der Waals surface area (Å²) < 4.78 is 28.6. The quantitative estimate of drug-likeness (QED) is 0.919. The molecule has 2 unspecified atom stereocenters. The van der Waals surface area contributed by atoms with Crippen molar-refractivity contribution in [3.8, 4) is 0 Å². The molecular formula is C16H19NO3S. The van der Waals surface area contributed by atoms with E-state index in [4.69, 9.17) is 4.42 Å². The van der Waals surface area contributed by atoms with Gasteiger partial charge in [-0.25, -0.2) is 8.42 Å². The lowest BCUT2D eigenvalue weighted by Gasteiger charge is -2.05. The van der Waals surface area contributed by atoms with Crippen molar-refractivity contribution in [2.75, 3.05) is 11.6 Å². The first-order valence-corrected chi connectivity index (χ1v) is 8.95. The summed E-state index contributed by atoms with van der Waals surface area (Å²) in [4.78, 5) is 0.330. The number of anilines is 1. The summed E-state index contributed by atoms with van der Waals surface area (Å²) in [6, 6.07) is 10.8. The number of rotatable bonds is 5. The van der Waals surface area contributed by atoms with Crippen LogP contribution in [0, 0.1) is 5.92 Å². The molecule has 5 heteroatoms. The van der Waals surface area contributed by atoms with Crippen LogP contribution in [-0.4, -0.2) is 14.7 Å². The van der Waals surface area contributed by atoms with Crippen molar-refractivity contribution in [1.82, 2.24) is 0 Å². The molecule has 0 spiro atoms. The van der Waals surface area contributed by atoms with E-state index in [-0.39, 0.29) is 0 Å². The first-order chi connectivity index (χ1) is 9.93. The Morgan fingerprint density at radius 2 is 1.86 bits per heavy atom. The van der Waals surface area contributed by atoms with Crippen LogP contribution in [-0.2, 0) is 16.4 Å². The molecule has 1 saturated carbocycles. The Hall–Kier alpha value is -1.75. The van der Waals surface area contributed by atoms with Gasteiger partial charge in [0.2, 0.25) is 0 Å². The standard InChI is InChI=1S/C16H19NO3S/c1-11-9-15(11)16-8-5-13(20-16)10-17-12-3-6-14(7-4-12)21(2,18)19/h3-8,11,15,17H,9-10H2,1-2H3. The highest BCUT2D eigenvalue weighted by atomic mass is 32.2. The minimum atomic E-state index is -3.14. The van der Waals surface area contributed by atoms with Gasteiger partial charge in [-0.3, -0.25) is 0 Å². The maximum absolute atomic E-state index is 11.4. The Bertz CT molecular complexity index is 731. The summed E-state index contributed by atoms with van der Waals surface area (Å²) in [6.07, 6.45) is 2.42. The molecule has 0 bridgehead atoms. The molecular weight excluding hydrogens is 286 g/mol. The molecule has 4 nitrogen and oxygen atoms in total. The van der Waals surface area contributed by atoms with Crippen molar-refractivity contribution in [1.29, 1.82) is 0 Å². The highest BCUT2D eigenvalue weighted by molar-refractivity contribution is 7.90. The molecule has 1 fully saturated rings. The van der Waals surface area contributed by atoms with Crippen LogP contribution in [0.15, 0.2) is 45.7 Å². The van der Waals surface area contributed by atoms with Gasteiger partial charge in [-0.1, -0.05) is 6.92 Å². The van der Waals surface area contributed by atoms with Crippen molar-refractivity contribution >= 4 is 15.5 Å². The minimum absolute atomic E-state index is 0.330. The predicted octanol–water partition coefficient (Wildman–Crippen LogP) is 3.42. The summed E-state index contributed by atoms with van der Waals surface area (Å²) in [6.45, 7) is 2.83. The highest BCUT2D eigenvalue weighted by Gasteiger charge is 2.36. The number of hydrogen-bond acceptors (Lipinski definition) is 4. The molecule has 2 atom stereocenters. The largest absolute Gasteiger partial charge is 0.464 e. The Balaban J connectivity index is 1.61. The van der Waals surface area contributed by atoms with Crippen LogP contribution in [0.4, 0.5) is 5.69 Å². The van der Waals surface area contributed by atoms with Gasteiger partial charge in [0.05, 0.1) is 11.4 Å². The van der Waals surface area contributed by atoms with E-state index in [9.17, 15) is 8.42 Å². The van der Waals surface area contributed by atoms with Crippen molar-refractivity contribution < 1.29 is 12.8 Å². The van der Waals surface area contributed by atoms with Crippen molar-refractivity contribution in [2.45, 2.75) is 30.7 Å². The average Bonchev–Trinajstić information content (AvgIpc) is 2.99. The highest BCUT2D eigenvalue weighted by Crippen LogP contribution is 2.47. The smallest absolute Gasteiger partial charge is 0.175 e. The third-order valence-electron chi connectivity index (χ3n) is 3.91. The van der Waals surface area contributed by atoms with E-state index < -0.39 is 9.84 Å². The molecule has 0 radical (unpaired) electrons. The Morgan fingerprint density at radius 3 is 2.43 bits per heavy atom. The van der Waals surface area contributed by atoms with E-state index in [0.717, 1.165) is 23.1 Å². The molecule has 21 heavy (non-hydrogen) atoms. The second-order valence-electron chi connectivity index (χ2n) is 5.77. The molecule has 112 valence electrons. The second kappa shape index (κ2) is 5.22. The molecule has 1 aliphatic rings. The van der Waals surface area contributed by atoms with Gasteiger partial charge >= 0.3 is 0 Å². The average molecular weight is 305 g/mol. The van der Waals surface area contributed by atoms with Crippen LogP contribution in [0.2, 0.25) is 0 Å². The van der Waals surface area contributed by atoms with E-state index in [2.05, 4.69) is 18.3 Å². The lowest BCUT2D eigenvalue weighted by Crippen LogP contribution is -2.00. The normalized spacial score (nSPS) is 21.2. The van der Waals surface area contributed by atoms with Crippen LogP contribution in [0.1, 0.15) is 30.8 Å². The van der Waals surface area contributed by atoms with Gasteiger partial charge in [0.25, 0.3) is 0 Å². The number of nitrogens with one attached hydrogen (secondary N) is 1. The SMILES string of the molecule is CC1CC1c1ccc(CNc2ccc(S(C)(=O)=O)cc2)o1. The summed E-state index contributed by atoms with van der Waals surface area (Å²) in [5.74, 6) is 3.30. The third-order valence-corrected chi connectivity index (χ3v) is 5.04. The van der Waals surface area contributed by atoms with Crippen molar-refractivity contribution in [3.63, 3.8) is 0 Å². The van der Waals surface area contributed by atoms with Gasteiger partial charge in [0.15, 0.2) is 9.84 Å². The number of furan rings is 1. The van der Waals surface area contributed by atoms with Crippen LogP contribution >= 0.6 is 0 Å². The van der Waals surface area contributed by atoms with Gasteiger partial charge in [-0.15, -0.1) is 0 Å². The van der Waals surface area contributed by atoms with Crippen LogP contribution in [0.5, 0.6) is 0 Å². The zero-order valence-electron chi connectivity index (χ0n) is 12.2. The van der Waals surface area contributed by atoms with Gasteiger partial charge in [0.1, 0.15) is 11.5 Å². The molecule has 1 aromatic heterocycles. The van der Waals surface area contributed by atoms with E-state index >= 15 is 0 Å². The second-order valence-corrected chi connectivity index (χ2v) is 7.79. The minimum Gasteiger partial charge on any atom is -0.464 e. The topological polar surface area (TPSA) is 59.3 Å². The molecule has 0 aliphatic heterocycles. The van der Waals surface area contributed by atoms with E-state index in [1.807, 2.05) is 6.07 Å². The molecule has 0 saturated heterocycles. The Labute approximate surface area is 125 Å². The number of sulfone groups is 1. The van der Waals surface area contributed by atoms with Gasteiger partial charge < -0.3 is 9.73 Å². The molecule has 1 aromatic carbocycles. The Morgan fingerprint density at radius 1 is 1.19 bits per heavy atom. The van der Waals surface area contributed by atoms with Crippen LogP contribution in [0.25, 0.3) is 0 Å². The zero-order chi connectivity index (χ0) is 15.0. The summed E-state index contributed by atoms with van der Waals surface area (Å²) >= 11 is 0. The van der Waals surface area contributed by atoms with E-state index in [1.54, 1.807) is 24.3 Å². The van der Waals surface area contributed by atoms with Crippen molar-refractivity contribution in [2.24, 2.45) is 5.92 Å². The number of benzene rings is 1. The predicted molar refractivity (Wildman–Crippen MR) is 82.1 cm³/mol. The fourth-order valence-electron chi connectivity index (χ4n) is 2.42. The summed E-state index contributed by atoms with van der Waals surface area (Å²) in [5.41, 5.74) is 0.875. The molecule has 1 heterocycles. The molecule has 2 aromatic rings. The first kappa shape index (κ1) is 14.2. The molecule has 3 rings (SSSR count). The summed E-state index contributed by atoms with van der Waals surface area (Å²) in [7, 11) is -3.14. The zero-order valence-corrected chi connectivity index (χ0v) is 13.0. The van der Waals surface area contributed by atoms with Gasteiger partial charge in [-0.05, 0) is 48.7 Å². The van der Waals surface area contributed by atoms with Crippen molar-refractivity contribution in [3.05, 3.63) is 47.9 Å². The maximum atomic E-state index is 11.4. The summed E-state index contributed by atoms with van der Waals surface area (Å²) in [5, 5.41) is 3.23. The fourth-order valence-corrected chi connectivity index (χ4v) is 3.05. The third kappa shape index (κ3) is 3.29. The monoisotopic (exact) mass is 305 g/mol. The van der Waals surface area contributed by atoms with E-state index in [1.165, 1.54) is 12.7 Å². The molecule has 1 aliphatic carbocycles. The maximum Gasteiger partial charge on any atom is 0.175 e. The van der Waals surface area contributed by atoms with Crippen LogP contribution in [0.3, 0.4) is 0 Å².